The fraction of sp³-hybridized carbons (Fsp3) is 0.250. The molecule has 1 fully saturated rings. The molecule has 0 spiro atoms. The van der Waals surface area contributed by atoms with Gasteiger partial charge in [0, 0.05) is 35.6 Å². The second-order valence-electron chi connectivity index (χ2n) is 7.27. The van der Waals surface area contributed by atoms with Crippen LogP contribution < -0.4 is 5.43 Å². The van der Waals surface area contributed by atoms with E-state index in [1.807, 2.05) is 0 Å². The Hall–Kier alpha value is -2.87. The van der Waals surface area contributed by atoms with Crippen molar-refractivity contribution < 1.29 is 13.2 Å². The van der Waals surface area contributed by atoms with E-state index in [9.17, 15) is 18.0 Å². The van der Waals surface area contributed by atoms with E-state index >= 15 is 0 Å². The van der Waals surface area contributed by atoms with Gasteiger partial charge in [-0.25, -0.2) is 9.50 Å². The number of benzene rings is 1. The first kappa shape index (κ1) is 18.2. The summed E-state index contributed by atoms with van der Waals surface area (Å²) in [5.74, 6) is 0.313. The van der Waals surface area contributed by atoms with Crippen LogP contribution in [0.5, 0.6) is 0 Å². The van der Waals surface area contributed by atoms with Gasteiger partial charge in [0.1, 0.15) is 11.7 Å². The molecule has 1 aliphatic carbocycles. The standard InChI is InChI=1S/C20H14ClF3N4O/c21-18-9-14(19-25-4-6-28(19)26-18)13-8-12(13)11-1-2-16-15(7-11)17(29)3-5-27(16)10-20(22,23)24/h1-7,9,12-13H,8,10H2/t12-,13+/m1/s1. The monoisotopic (exact) mass is 418 g/mol. The molecule has 29 heavy (non-hydrogen) atoms. The third-order valence-electron chi connectivity index (χ3n) is 5.33. The van der Waals surface area contributed by atoms with E-state index in [0.717, 1.165) is 27.8 Å². The zero-order chi connectivity index (χ0) is 20.3. The molecule has 3 aromatic heterocycles. The molecule has 0 amide bonds. The Bertz CT molecular complexity index is 1310. The van der Waals surface area contributed by atoms with Crippen molar-refractivity contribution in [2.75, 3.05) is 0 Å². The molecular formula is C20H14ClF3N4O. The molecule has 0 N–H and O–H groups in total. The first-order valence-electron chi connectivity index (χ1n) is 9.00. The Balaban J connectivity index is 1.53. The first-order valence-corrected chi connectivity index (χ1v) is 9.37. The van der Waals surface area contributed by atoms with Gasteiger partial charge in [0.15, 0.2) is 11.1 Å². The maximum absolute atomic E-state index is 12.8. The number of pyridine rings is 1. The van der Waals surface area contributed by atoms with E-state index in [1.54, 1.807) is 41.2 Å². The van der Waals surface area contributed by atoms with Crippen LogP contribution in [0.15, 0.2) is 53.7 Å². The Labute approximate surface area is 167 Å². The lowest BCUT2D eigenvalue weighted by molar-refractivity contribution is -0.139. The average Bonchev–Trinajstić information content (AvgIpc) is 3.32. The Morgan fingerprint density at radius 2 is 1.97 bits per heavy atom. The molecule has 1 saturated carbocycles. The predicted molar refractivity (Wildman–Crippen MR) is 102 cm³/mol. The van der Waals surface area contributed by atoms with E-state index in [4.69, 9.17) is 11.6 Å². The minimum atomic E-state index is -4.36. The van der Waals surface area contributed by atoms with Gasteiger partial charge in [-0.15, -0.1) is 0 Å². The molecule has 1 aliphatic rings. The van der Waals surface area contributed by atoms with Crippen LogP contribution in [-0.2, 0) is 6.54 Å². The minimum absolute atomic E-state index is 0.147. The highest BCUT2D eigenvalue weighted by Gasteiger charge is 2.41. The van der Waals surface area contributed by atoms with Gasteiger partial charge in [-0.05, 0) is 42.0 Å². The molecule has 0 aliphatic heterocycles. The summed E-state index contributed by atoms with van der Waals surface area (Å²) < 4.78 is 41.2. The summed E-state index contributed by atoms with van der Waals surface area (Å²) in [5.41, 5.74) is 2.61. The molecule has 5 nitrogen and oxygen atoms in total. The smallest absolute Gasteiger partial charge is 0.338 e. The van der Waals surface area contributed by atoms with Crippen LogP contribution in [0.1, 0.15) is 29.4 Å². The maximum Gasteiger partial charge on any atom is 0.406 e. The van der Waals surface area contributed by atoms with E-state index in [2.05, 4.69) is 10.1 Å². The molecule has 1 aromatic carbocycles. The van der Waals surface area contributed by atoms with Gasteiger partial charge in [-0.2, -0.15) is 18.3 Å². The zero-order valence-electron chi connectivity index (χ0n) is 14.9. The summed E-state index contributed by atoms with van der Waals surface area (Å²) in [6.07, 6.45) is 1.04. The summed E-state index contributed by atoms with van der Waals surface area (Å²) in [5, 5.41) is 4.84. The van der Waals surface area contributed by atoms with Crippen LogP contribution in [0.2, 0.25) is 5.15 Å². The minimum Gasteiger partial charge on any atom is -0.338 e. The molecule has 2 atom stereocenters. The highest BCUT2D eigenvalue weighted by atomic mass is 35.5. The van der Waals surface area contributed by atoms with Crippen LogP contribution in [-0.4, -0.2) is 25.3 Å². The molecule has 3 heterocycles. The molecule has 9 heteroatoms. The number of rotatable bonds is 3. The lowest BCUT2D eigenvalue weighted by Gasteiger charge is -2.13. The lowest BCUT2D eigenvalue weighted by atomic mass is 10.0. The van der Waals surface area contributed by atoms with Gasteiger partial charge in [0.25, 0.3) is 0 Å². The van der Waals surface area contributed by atoms with Crippen molar-refractivity contribution in [3.8, 4) is 0 Å². The summed E-state index contributed by atoms with van der Waals surface area (Å²) in [4.78, 5) is 16.6. The number of nitrogens with zero attached hydrogens (tertiary/aromatic N) is 4. The SMILES string of the molecule is O=c1ccn(CC(F)(F)F)c2ccc([C@H]3C[C@@H]3c3cc(Cl)nn4ccnc34)cc12. The summed E-state index contributed by atoms with van der Waals surface area (Å²) in [7, 11) is 0. The van der Waals surface area contributed by atoms with Crippen molar-refractivity contribution in [1.82, 2.24) is 19.2 Å². The van der Waals surface area contributed by atoms with Crippen molar-refractivity contribution in [2.45, 2.75) is 31.0 Å². The largest absolute Gasteiger partial charge is 0.406 e. The molecule has 148 valence electrons. The zero-order valence-corrected chi connectivity index (χ0v) is 15.7. The topological polar surface area (TPSA) is 52.2 Å². The van der Waals surface area contributed by atoms with Gasteiger partial charge in [0.2, 0.25) is 0 Å². The number of halogens is 4. The number of hydrogen-bond acceptors (Lipinski definition) is 3. The fourth-order valence-electron chi connectivity index (χ4n) is 3.98. The molecule has 0 unspecified atom stereocenters. The molecule has 0 bridgehead atoms. The number of aromatic nitrogens is 4. The normalized spacial score (nSPS) is 19.2. The van der Waals surface area contributed by atoms with Crippen LogP contribution >= 0.6 is 11.6 Å². The van der Waals surface area contributed by atoms with Crippen molar-refractivity contribution in [3.05, 3.63) is 75.4 Å². The number of alkyl halides is 3. The number of hydrogen-bond donors (Lipinski definition) is 0. The van der Waals surface area contributed by atoms with Crippen LogP contribution in [0, 0.1) is 0 Å². The number of imidazole rings is 1. The van der Waals surface area contributed by atoms with Crippen molar-refractivity contribution in [3.63, 3.8) is 0 Å². The average molecular weight is 419 g/mol. The molecule has 0 radical (unpaired) electrons. The van der Waals surface area contributed by atoms with Gasteiger partial charge in [-0.1, -0.05) is 17.7 Å². The van der Waals surface area contributed by atoms with Gasteiger partial charge in [-0.3, -0.25) is 4.79 Å². The van der Waals surface area contributed by atoms with Gasteiger partial charge in [0.05, 0.1) is 5.52 Å². The molecule has 0 saturated heterocycles. The van der Waals surface area contributed by atoms with Crippen molar-refractivity contribution >= 4 is 28.2 Å². The highest BCUT2D eigenvalue weighted by molar-refractivity contribution is 6.29. The van der Waals surface area contributed by atoms with Crippen LogP contribution in [0.3, 0.4) is 0 Å². The van der Waals surface area contributed by atoms with E-state index in [0.29, 0.717) is 10.5 Å². The van der Waals surface area contributed by atoms with Gasteiger partial charge >= 0.3 is 6.18 Å². The highest BCUT2D eigenvalue weighted by Crippen LogP contribution is 2.55. The van der Waals surface area contributed by atoms with E-state index in [-0.39, 0.29) is 22.8 Å². The second-order valence-corrected chi connectivity index (χ2v) is 7.65. The third kappa shape index (κ3) is 3.27. The third-order valence-corrected chi connectivity index (χ3v) is 5.51. The Morgan fingerprint density at radius 3 is 2.76 bits per heavy atom. The van der Waals surface area contributed by atoms with Gasteiger partial charge < -0.3 is 4.57 Å². The summed E-state index contributed by atoms with van der Waals surface area (Å²) in [6, 6.07) is 8.08. The fourth-order valence-corrected chi connectivity index (χ4v) is 4.18. The Morgan fingerprint density at radius 1 is 1.14 bits per heavy atom. The number of fused-ring (bicyclic) bond motifs is 2. The first-order chi connectivity index (χ1) is 13.8. The lowest BCUT2D eigenvalue weighted by Crippen LogP contribution is -2.19. The quantitative estimate of drug-likeness (QED) is 0.491. The molecular weight excluding hydrogens is 405 g/mol. The maximum atomic E-state index is 12.8. The van der Waals surface area contributed by atoms with Crippen LogP contribution in [0.25, 0.3) is 16.6 Å². The van der Waals surface area contributed by atoms with Crippen molar-refractivity contribution in [2.24, 2.45) is 0 Å². The van der Waals surface area contributed by atoms with Crippen LogP contribution in [0.4, 0.5) is 13.2 Å². The second kappa shape index (κ2) is 6.32. The molecule has 4 aromatic rings. The van der Waals surface area contributed by atoms with E-state index in [1.165, 1.54) is 12.3 Å². The summed E-state index contributed by atoms with van der Waals surface area (Å²) >= 11 is 6.12. The summed E-state index contributed by atoms with van der Waals surface area (Å²) in [6.45, 7) is -1.14. The predicted octanol–water partition coefficient (Wildman–Crippen LogP) is 4.53. The van der Waals surface area contributed by atoms with Crippen molar-refractivity contribution in [1.29, 1.82) is 0 Å². The Kier molecular flexibility index (Phi) is 3.96. The molecule has 5 rings (SSSR count). The van der Waals surface area contributed by atoms with E-state index < -0.39 is 12.7 Å².